The Labute approximate surface area is 96.1 Å². The Morgan fingerprint density at radius 2 is 1.93 bits per heavy atom. The Morgan fingerprint density at radius 3 is 2.53 bits per heavy atom. The predicted molar refractivity (Wildman–Crippen MR) is 60.7 cm³/mol. The van der Waals surface area contributed by atoms with E-state index in [1.54, 1.807) is 30.3 Å². The minimum Gasteiger partial charge on any atom is -0.422 e. The van der Waals surface area contributed by atoms with Gasteiger partial charge in [-0.25, -0.2) is 4.79 Å². The fourth-order valence-electron chi connectivity index (χ4n) is 1.05. The second-order valence-corrected chi connectivity index (χ2v) is 4.20. The molecule has 15 heavy (non-hydrogen) atoms. The summed E-state index contributed by atoms with van der Waals surface area (Å²) in [5.74, 6) is 0.158. The second kappa shape index (κ2) is 4.47. The highest BCUT2D eigenvalue weighted by Crippen LogP contribution is 2.18. The highest BCUT2D eigenvalue weighted by atomic mass is 35.5. The van der Waals surface area contributed by atoms with Crippen LogP contribution in [0.4, 0.5) is 0 Å². The van der Waals surface area contributed by atoms with Crippen LogP contribution in [0.5, 0.6) is 5.75 Å². The highest BCUT2D eigenvalue weighted by molar-refractivity contribution is 7.12. The largest absolute Gasteiger partial charge is 0.422 e. The molecule has 76 valence electrons. The van der Waals surface area contributed by atoms with E-state index in [1.807, 2.05) is 11.4 Å². The molecule has 0 saturated heterocycles. The Morgan fingerprint density at radius 1 is 1.20 bits per heavy atom. The van der Waals surface area contributed by atoms with E-state index in [4.69, 9.17) is 16.3 Å². The van der Waals surface area contributed by atoms with E-state index in [0.717, 1.165) is 0 Å². The van der Waals surface area contributed by atoms with E-state index in [2.05, 4.69) is 0 Å². The Hall–Kier alpha value is -1.32. The minimum absolute atomic E-state index is 0.340. The molecule has 2 aromatic rings. The molecule has 0 saturated carbocycles. The summed E-state index contributed by atoms with van der Waals surface area (Å²) in [7, 11) is 0. The molecule has 2 rings (SSSR count). The summed E-state index contributed by atoms with van der Waals surface area (Å²) in [6.45, 7) is 0. The minimum atomic E-state index is -0.340. The zero-order chi connectivity index (χ0) is 10.7. The van der Waals surface area contributed by atoms with Gasteiger partial charge in [-0.15, -0.1) is 11.3 Å². The molecule has 1 aromatic heterocycles. The summed E-state index contributed by atoms with van der Waals surface area (Å²) in [5, 5.41) is 2.45. The smallest absolute Gasteiger partial charge is 0.353 e. The van der Waals surface area contributed by atoms with E-state index in [9.17, 15) is 4.79 Å². The number of rotatable bonds is 2. The average Bonchev–Trinajstić information content (AvgIpc) is 2.74. The zero-order valence-electron chi connectivity index (χ0n) is 7.64. The molecular formula is C11H7ClO2S. The molecule has 0 aliphatic rings. The Balaban J connectivity index is 2.09. The van der Waals surface area contributed by atoms with Gasteiger partial charge < -0.3 is 4.74 Å². The van der Waals surface area contributed by atoms with Crippen LogP contribution in [0.3, 0.4) is 0 Å². The molecule has 0 bridgehead atoms. The summed E-state index contributed by atoms with van der Waals surface area (Å²) in [6.07, 6.45) is 0. The highest BCUT2D eigenvalue weighted by Gasteiger charge is 2.08. The SMILES string of the molecule is O=C(Oc1ccc(Cl)cc1)c1cccs1. The maximum Gasteiger partial charge on any atom is 0.353 e. The number of hydrogen-bond donors (Lipinski definition) is 0. The lowest BCUT2D eigenvalue weighted by Crippen LogP contribution is -2.05. The predicted octanol–water partition coefficient (Wildman–Crippen LogP) is 3.62. The van der Waals surface area contributed by atoms with Gasteiger partial charge in [0.1, 0.15) is 10.6 Å². The molecule has 1 aromatic carbocycles. The molecular weight excluding hydrogens is 232 g/mol. The quantitative estimate of drug-likeness (QED) is 0.590. The molecule has 0 N–H and O–H groups in total. The van der Waals surface area contributed by atoms with Gasteiger partial charge in [0.15, 0.2) is 0 Å². The number of hydrogen-bond acceptors (Lipinski definition) is 3. The summed E-state index contributed by atoms with van der Waals surface area (Å²) >= 11 is 7.06. The van der Waals surface area contributed by atoms with Crippen LogP contribution in [-0.2, 0) is 0 Å². The van der Waals surface area contributed by atoms with Crippen molar-refractivity contribution in [2.75, 3.05) is 0 Å². The number of benzene rings is 1. The van der Waals surface area contributed by atoms with Crippen LogP contribution in [0.1, 0.15) is 9.67 Å². The van der Waals surface area contributed by atoms with Crippen LogP contribution < -0.4 is 4.74 Å². The number of halogens is 1. The average molecular weight is 239 g/mol. The lowest BCUT2D eigenvalue weighted by atomic mass is 10.3. The van der Waals surface area contributed by atoms with E-state index >= 15 is 0 Å². The third-order valence-corrected chi connectivity index (χ3v) is 2.85. The first kappa shape index (κ1) is 10.2. The van der Waals surface area contributed by atoms with Crippen LogP contribution in [0, 0.1) is 0 Å². The molecule has 0 radical (unpaired) electrons. The molecule has 0 atom stereocenters. The normalized spacial score (nSPS) is 9.93. The molecule has 1 heterocycles. The molecule has 0 aliphatic heterocycles. The maximum absolute atomic E-state index is 11.5. The molecule has 0 unspecified atom stereocenters. The van der Waals surface area contributed by atoms with E-state index in [-0.39, 0.29) is 5.97 Å². The van der Waals surface area contributed by atoms with Gasteiger partial charge in [-0.2, -0.15) is 0 Å². The molecule has 0 aliphatic carbocycles. The van der Waals surface area contributed by atoms with Crippen molar-refractivity contribution >= 4 is 28.9 Å². The van der Waals surface area contributed by atoms with E-state index in [1.165, 1.54) is 11.3 Å². The summed E-state index contributed by atoms with van der Waals surface area (Å²) < 4.78 is 5.13. The molecule has 0 amide bonds. The molecule has 4 heteroatoms. The van der Waals surface area contributed by atoms with Gasteiger partial charge in [0.05, 0.1) is 0 Å². The van der Waals surface area contributed by atoms with Crippen LogP contribution in [0.25, 0.3) is 0 Å². The van der Waals surface area contributed by atoms with Gasteiger partial charge in [-0.3, -0.25) is 0 Å². The van der Waals surface area contributed by atoms with Gasteiger partial charge in [0.25, 0.3) is 0 Å². The van der Waals surface area contributed by atoms with Gasteiger partial charge in [-0.1, -0.05) is 17.7 Å². The third kappa shape index (κ3) is 2.58. The van der Waals surface area contributed by atoms with Crippen LogP contribution in [-0.4, -0.2) is 5.97 Å². The van der Waals surface area contributed by atoms with Crippen molar-refractivity contribution in [2.24, 2.45) is 0 Å². The standard InChI is InChI=1S/C11H7ClO2S/c12-8-3-5-9(6-4-8)14-11(13)10-2-1-7-15-10/h1-7H. The topological polar surface area (TPSA) is 26.3 Å². The van der Waals surface area contributed by atoms with Crippen molar-refractivity contribution in [3.63, 3.8) is 0 Å². The van der Waals surface area contributed by atoms with Gasteiger partial charge in [0.2, 0.25) is 0 Å². The lowest BCUT2D eigenvalue weighted by Gasteiger charge is -2.01. The maximum atomic E-state index is 11.5. The molecule has 0 fully saturated rings. The van der Waals surface area contributed by atoms with Crippen LogP contribution >= 0.6 is 22.9 Å². The first-order valence-corrected chi connectivity index (χ1v) is 5.53. The van der Waals surface area contributed by atoms with Crippen molar-refractivity contribution in [1.82, 2.24) is 0 Å². The number of ether oxygens (including phenoxy) is 1. The summed E-state index contributed by atoms with van der Waals surface area (Å²) in [4.78, 5) is 12.1. The Kier molecular flexibility index (Phi) is 3.04. The lowest BCUT2D eigenvalue weighted by molar-refractivity contribution is 0.0740. The van der Waals surface area contributed by atoms with Gasteiger partial charge >= 0.3 is 5.97 Å². The van der Waals surface area contributed by atoms with Crippen molar-refractivity contribution in [1.29, 1.82) is 0 Å². The van der Waals surface area contributed by atoms with E-state index < -0.39 is 0 Å². The second-order valence-electron chi connectivity index (χ2n) is 2.82. The van der Waals surface area contributed by atoms with E-state index in [0.29, 0.717) is 15.6 Å². The number of carbonyl (C=O) groups excluding carboxylic acids is 1. The number of thiophene rings is 1. The van der Waals surface area contributed by atoms with Crippen molar-refractivity contribution in [3.05, 3.63) is 51.7 Å². The Bertz CT molecular complexity index is 448. The summed E-state index contributed by atoms with van der Waals surface area (Å²) in [6, 6.07) is 10.2. The van der Waals surface area contributed by atoms with Crippen LogP contribution in [0.15, 0.2) is 41.8 Å². The third-order valence-electron chi connectivity index (χ3n) is 1.75. The van der Waals surface area contributed by atoms with Gasteiger partial charge in [-0.05, 0) is 35.7 Å². The molecule has 0 spiro atoms. The van der Waals surface area contributed by atoms with Gasteiger partial charge in [0, 0.05) is 5.02 Å². The summed E-state index contributed by atoms with van der Waals surface area (Å²) in [5.41, 5.74) is 0. The van der Waals surface area contributed by atoms with Crippen LogP contribution in [0.2, 0.25) is 5.02 Å². The fraction of sp³-hybridized carbons (Fsp3) is 0. The monoisotopic (exact) mass is 238 g/mol. The van der Waals surface area contributed by atoms with Crippen molar-refractivity contribution < 1.29 is 9.53 Å². The number of esters is 1. The zero-order valence-corrected chi connectivity index (χ0v) is 9.22. The van der Waals surface area contributed by atoms with Crippen molar-refractivity contribution in [3.8, 4) is 5.75 Å². The number of carbonyl (C=O) groups is 1. The molecule has 2 nitrogen and oxygen atoms in total. The first-order chi connectivity index (χ1) is 7.25. The van der Waals surface area contributed by atoms with Crippen molar-refractivity contribution in [2.45, 2.75) is 0 Å². The first-order valence-electron chi connectivity index (χ1n) is 4.27. The fourth-order valence-corrected chi connectivity index (χ4v) is 1.78.